The molecule has 96 valence electrons. The van der Waals surface area contributed by atoms with Gasteiger partial charge < -0.3 is 9.64 Å². The highest BCUT2D eigenvalue weighted by Crippen LogP contribution is 2.26. The highest BCUT2D eigenvalue weighted by Gasteiger charge is 2.23. The maximum absolute atomic E-state index is 5.32. The minimum atomic E-state index is 0.438. The van der Waals surface area contributed by atoms with Crippen molar-refractivity contribution >= 4 is 5.65 Å². The van der Waals surface area contributed by atoms with Gasteiger partial charge in [-0.3, -0.25) is 0 Å². The topological polar surface area (TPSA) is 42.7 Å². The Labute approximate surface area is 106 Å². The van der Waals surface area contributed by atoms with Crippen molar-refractivity contribution < 1.29 is 4.74 Å². The zero-order valence-corrected chi connectivity index (χ0v) is 10.8. The third-order valence-electron chi connectivity index (χ3n) is 3.55. The smallest absolute Gasteiger partial charge is 0.198 e. The number of methoxy groups -OCH3 is 1. The molecule has 3 rings (SSSR count). The van der Waals surface area contributed by atoms with Gasteiger partial charge in [0.2, 0.25) is 0 Å². The molecule has 0 amide bonds. The second-order valence-electron chi connectivity index (χ2n) is 4.92. The van der Waals surface area contributed by atoms with E-state index in [1.54, 1.807) is 7.11 Å². The first kappa shape index (κ1) is 11.5. The molecular weight excluding hydrogens is 228 g/mol. The number of pyridine rings is 1. The van der Waals surface area contributed by atoms with Crippen molar-refractivity contribution in [1.29, 1.82) is 0 Å². The van der Waals surface area contributed by atoms with Gasteiger partial charge in [-0.05, 0) is 38.6 Å². The third kappa shape index (κ3) is 1.95. The average molecular weight is 246 g/mol. The molecule has 1 aliphatic rings. The summed E-state index contributed by atoms with van der Waals surface area (Å²) in [6.45, 7) is 2.21. The molecule has 0 aromatic carbocycles. The minimum absolute atomic E-state index is 0.438. The van der Waals surface area contributed by atoms with E-state index < -0.39 is 0 Å². The van der Waals surface area contributed by atoms with Gasteiger partial charge in [0.15, 0.2) is 17.2 Å². The van der Waals surface area contributed by atoms with Crippen LogP contribution in [0.1, 0.15) is 24.6 Å². The Hall–Kier alpha value is -1.62. The van der Waals surface area contributed by atoms with Crippen molar-refractivity contribution in [2.75, 3.05) is 27.2 Å². The van der Waals surface area contributed by atoms with E-state index in [2.05, 4.69) is 22.0 Å². The van der Waals surface area contributed by atoms with Crippen molar-refractivity contribution in [1.82, 2.24) is 19.5 Å². The highest BCUT2D eigenvalue weighted by atomic mass is 16.5. The molecule has 0 bridgehead atoms. The van der Waals surface area contributed by atoms with Crippen LogP contribution in [0.15, 0.2) is 18.3 Å². The predicted molar refractivity (Wildman–Crippen MR) is 69.0 cm³/mol. The van der Waals surface area contributed by atoms with Gasteiger partial charge in [-0.1, -0.05) is 0 Å². The van der Waals surface area contributed by atoms with Gasteiger partial charge >= 0.3 is 0 Å². The maximum Gasteiger partial charge on any atom is 0.198 e. The van der Waals surface area contributed by atoms with Gasteiger partial charge in [0, 0.05) is 18.7 Å². The molecule has 1 unspecified atom stereocenters. The molecule has 0 radical (unpaired) electrons. The zero-order chi connectivity index (χ0) is 12.5. The van der Waals surface area contributed by atoms with Crippen LogP contribution in [0.2, 0.25) is 0 Å². The number of likely N-dealkylation sites (tertiary alicyclic amines) is 1. The van der Waals surface area contributed by atoms with E-state index >= 15 is 0 Å². The first-order chi connectivity index (χ1) is 8.78. The fourth-order valence-corrected chi connectivity index (χ4v) is 2.61. The van der Waals surface area contributed by atoms with Crippen LogP contribution in [0, 0.1) is 0 Å². The summed E-state index contributed by atoms with van der Waals surface area (Å²) in [5.41, 5.74) is 0.809. The normalized spacial score (nSPS) is 21.3. The predicted octanol–water partition coefficient (Wildman–Crippen LogP) is 1.55. The van der Waals surface area contributed by atoms with Crippen LogP contribution in [0.5, 0.6) is 5.75 Å². The summed E-state index contributed by atoms with van der Waals surface area (Å²) in [5, 5.41) is 4.58. The molecule has 0 N–H and O–H groups in total. The van der Waals surface area contributed by atoms with E-state index in [-0.39, 0.29) is 0 Å². The van der Waals surface area contributed by atoms with Gasteiger partial charge in [-0.25, -0.2) is 9.50 Å². The second kappa shape index (κ2) is 4.57. The zero-order valence-electron chi connectivity index (χ0n) is 10.8. The number of aromatic nitrogens is 3. The Balaban J connectivity index is 1.97. The third-order valence-corrected chi connectivity index (χ3v) is 3.55. The van der Waals surface area contributed by atoms with Gasteiger partial charge in [0.25, 0.3) is 0 Å². The quantitative estimate of drug-likeness (QED) is 0.806. The summed E-state index contributed by atoms with van der Waals surface area (Å²) in [7, 11) is 3.82. The Bertz CT molecular complexity index is 551. The fraction of sp³-hybridized carbons (Fsp3) is 0.538. The number of ether oxygens (including phenoxy) is 1. The first-order valence-corrected chi connectivity index (χ1v) is 6.36. The molecule has 2 aromatic heterocycles. The molecule has 5 nitrogen and oxygen atoms in total. The van der Waals surface area contributed by atoms with Crippen LogP contribution < -0.4 is 4.74 Å². The van der Waals surface area contributed by atoms with E-state index in [1.165, 1.54) is 19.4 Å². The van der Waals surface area contributed by atoms with Crippen molar-refractivity contribution in [3.05, 3.63) is 24.2 Å². The Morgan fingerprint density at radius 3 is 3.11 bits per heavy atom. The molecular formula is C13H18N4O. The van der Waals surface area contributed by atoms with Crippen molar-refractivity contribution in [3.8, 4) is 5.75 Å². The standard InChI is InChI=1S/C13H18N4O/c1-16-7-3-5-10(9-16)12-14-13-11(18-2)6-4-8-17(13)15-12/h4,6,8,10H,3,5,7,9H2,1-2H3. The molecule has 1 aliphatic heterocycles. The van der Waals surface area contributed by atoms with Gasteiger partial charge in [-0.2, -0.15) is 5.10 Å². The molecule has 1 saturated heterocycles. The molecule has 1 atom stereocenters. The lowest BCUT2D eigenvalue weighted by Gasteiger charge is -2.27. The van der Waals surface area contributed by atoms with Crippen LogP contribution in [0.4, 0.5) is 0 Å². The number of hydrogen-bond donors (Lipinski definition) is 0. The summed E-state index contributed by atoms with van der Waals surface area (Å²) in [6, 6.07) is 3.85. The van der Waals surface area contributed by atoms with Gasteiger partial charge in [0.05, 0.1) is 7.11 Å². The summed E-state index contributed by atoms with van der Waals surface area (Å²) in [5.74, 6) is 2.15. The Kier molecular flexibility index (Phi) is 2.91. The van der Waals surface area contributed by atoms with Crippen LogP contribution in [-0.4, -0.2) is 46.7 Å². The lowest BCUT2D eigenvalue weighted by molar-refractivity contribution is 0.246. The summed E-state index contributed by atoms with van der Waals surface area (Å²) < 4.78 is 7.12. The summed E-state index contributed by atoms with van der Waals surface area (Å²) in [4.78, 5) is 6.99. The van der Waals surface area contributed by atoms with E-state index in [4.69, 9.17) is 4.74 Å². The molecule has 2 aromatic rings. The van der Waals surface area contributed by atoms with Crippen LogP contribution in [0.25, 0.3) is 5.65 Å². The maximum atomic E-state index is 5.32. The van der Waals surface area contributed by atoms with Crippen LogP contribution >= 0.6 is 0 Å². The van der Waals surface area contributed by atoms with E-state index in [0.717, 1.165) is 23.8 Å². The highest BCUT2D eigenvalue weighted by molar-refractivity contribution is 5.52. The molecule has 0 saturated carbocycles. The average Bonchev–Trinajstić information content (AvgIpc) is 2.82. The van der Waals surface area contributed by atoms with Crippen LogP contribution in [0.3, 0.4) is 0 Å². The van der Waals surface area contributed by atoms with E-state index in [1.807, 2.05) is 22.8 Å². The van der Waals surface area contributed by atoms with E-state index in [0.29, 0.717) is 5.92 Å². The number of piperidine rings is 1. The number of nitrogens with zero attached hydrogens (tertiary/aromatic N) is 4. The lowest BCUT2D eigenvalue weighted by Crippen LogP contribution is -2.31. The summed E-state index contributed by atoms with van der Waals surface area (Å²) >= 11 is 0. The number of likely N-dealkylation sites (N-methyl/N-ethyl adjacent to an activating group) is 1. The first-order valence-electron chi connectivity index (χ1n) is 6.36. The minimum Gasteiger partial charge on any atom is -0.493 e. The lowest BCUT2D eigenvalue weighted by atomic mass is 9.98. The SMILES string of the molecule is COc1cccn2nc(C3CCCN(C)C3)nc12. The van der Waals surface area contributed by atoms with Crippen molar-refractivity contribution in [2.24, 2.45) is 0 Å². The van der Waals surface area contributed by atoms with E-state index in [9.17, 15) is 0 Å². The Morgan fingerprint density at radius 2 is 2.33 bits per heavy atom. The molecule has 3 heterocycles. The molecule has 18 heavy (non-hydrogen) atoms. The number of rotatable bonds is 2. The van der Waals surface area contributed by atoms with Crippen molar-refractivity contribution in [2.45, 2.75) is 18.8 Å². The van der Waals surface area contributed by atoms with Crippen LogP contribution in [-0.2, 0) is 0 Å². The monoisotopic (exact) mass is 246 g/mol. The molecule has 0 spiro atoms. The molecule has 0 aliphatic carbocycles. The molecule has 1 fully saturated rings. The second-order valence-corrected chi connectivity index (χ2v) is 4.92. The largest absolute Gasteiger partial charge is 0.493 e. The number of fused-ring (bicyclic) bond motifs is 1. The van der Waals surface area contributed by atoms with Gasteiger partial charge in [-0.15, -0.1) is 0 Å². The fourth-order valence-electron chi connectivity index (χ4n) is 2.61. The van der Waals surface area contributed by atoms with Crippen molar-refractivity contribution in [3.63, 3.8) is 0 Å². The van der Waals surface area contributed by atoms with Gasteiger partial charge in [0.1, 0.15) is 0 Å². The Morgan fingerprint density at radius 1 is 1.44 bits per heavy atom. The number of hydrogen-bond acceptors (Lipinski definition) is 4. The summed E-state index contributed by atoms with van der Waals surface area (Å²) in [6.07, 6.45) is 4.30. The molecule has 5 heteroatoms.